The van der Waals surface area contributed by atoms with Gasteiger partial charge in [-0.05, 0) is 13.3 Å². The van der Waals surface area contributed by atoms with E-state index in [9.17, 15) is 13.6 Å². The van der Waals surface area contributed by atoms with Gasteiger partial charge in [-0.2, -0.15) is 4.39 Å². The van der Waals surface area contributed by atoms with Crippen molar-refractivity contribution in [3.63, 3.8) is 0 Å². The van der Waals surface area contributed by atoms with Crippen LogP contribution >= 0.6 is 0 Å². The molecule has 56 valence electrons. The zero-order chi connectivity index (χ0) is 7.98. The zero-order valence-electron chi connectivity index (χ0n) is 5.60. The van der Waals surface area contributed by atoms with Crippen LogP contribution in [0.4, 0.5) is 8.78 Å². The quantitative estimate of drug-likeness (QED) is 0.441. The first-order chi connectivity index (χ1) is 4.68. The van der Waals surface area contributed by atoms with Crippen molar-refractivity contribution in [3.05, 3.63) is 24.1 Å². The van der Waals surface area contributed by atoms with E-state index in [1.54, 1.807) is 0 Å². The maximum absolute atomic E-state index is 11.7. The lowest BCUT2D eigenvalue weighted by Crippen LogP contribution is -1.87. The number of hydrogen-bond donors (Lipinski definition) is 0. The van der Waals surface area contributed by atoms with E-state index in [-0.39, 0.29) is 12.0 Å². The van der Waals surface area contributed by atoms with Gasteiger partial charge >= 0.3 is 6.04 Å². The van der Waals surface area contributed by atoms with Crippen LogP contribution in [-0.4, -0.2) is 6.04 Å². The molecular weight excluding hydrogens is 138 g/mol. The summed E-state index contributed by atoms with van der Waals surface area (Å²) in [5.41, 5.74) is 0.0121. The third-order valence-electron chi connectivity index (χ3n) is 0.959. The minimum absolute atomic E-state index is 0.0121. The van der Waals surface area contributed by atoms with Gasteiger partial charge < -0.3 is 0 Å². The summed E-state index contributed by atoms with van der Waals surface area (Å²) in [6.07, 6.45) is 3.11. The Morgan fingerprint density at radius 2 is 2.20 bits per heavy atom. The summed E-state index contributed by atoms with van der Waals surface area (Å²) in [7, 11) is 0. The van der Waals surface area contributed by atoms with Crippen molar-refractivity contribution in [2.75, 3.05) is 0 Å². The molecule has 0 aliphatic rings. The average Bonchev–Trinajstić information content (AvgIpc) is 1.88. The van der Waals surface area contributed by atoms with Gasteiger partial charge in [-0.25, -0.2) is 4.39 Å². The molecule has 0 saturated heterocycles. The number of rotatable bonds is 3. The van der Waals surface area contributed by atoms with Gasteiger partial charge in [0.25, 0.3) is 0 Å². The van der Waals surface area contributed by atoms with Crippen LogP contribution in [0.3, 0.4) is 0 Å². The first kappa shape index (κ1) is 9.01. The van der Waals surface area contributed by atoms with Crippen molar-refractivity contribution in [2.24, 2.45) is 0 Å². The Hall–Kier alpha value is -0.990. The second-order valence-electron chi connectivity index (χ2n) is 1.76. The van der Waals surface area contributed by atoms with Gasteiger partial charge in [0.1, 0.15) is 0 Å². The SMILES string of the molecule is CC(=CCC=CF)C(=O)F. The van der Waals surface area contributed by atoms with E-state index in [4.69, 9.17) is 0 Å². The Morgan fingerprint density at radius 3 is 2.60 bits per heavy atom. The van der Waals surface area contributed by atoms with Crippen molar-refractivity contribution < 1.29 is 13.6 Å². The molecule has 0 spiro atoms. The molecule has 0 atom stereocenters. The maximum atomic E-state index is 11.7. The Bertz CT molecular complexity index is 170. The minimum atomic E-state index is -1.47. The number of hydrogen-bond acceptors (Lipinski definition) is 1. The lowest BCUT2D eigenvalue weighted by Gasteiger charge is -1.86. The van der Waals surface area contributed by atoms with Crippen LogP contribution in [0.25, 0.3) is 0 Å². The Morgan fingerprint density at radius 1 is 1.60 bits per heavy atom. The van der Waals surface area contributed by atoms with Crippen molar-refractivity contribution >= 4 is 6.04 Å². The van der Waals surface area contributed by atoms with E-state index >= 15 is 0 Å². The number of halogens is 2. The maximum Gasteiger partial charge on any atom is 0.327 e. The second-order valence-corrected chi connectivity index (χ2v) is 1.76. The van der Waals surface area contributed by atoms with Gasteiger partial charge in [0.05, 0.1) is 6.33 Å². The molecule has 0 aromatic rings. The molecule has 3 heteroatoms. The fourth-order valence-corrected chi connectivity index (χ4v) is 0.376. The summed E-state index contributed by atoms with van der Waals surface area (Å²) in [5.74, 6) is 0. The molecule has 0 heterocycles. The van der Waals surface area contributed by atoms with Crippen molar-refractivity contribution in [3.8, 4) is 0 Å². The first-order valence-corrected chi connectivity index (χ1v) is 2.80. The monoisotopic (exact) mass is 146 g/mol. The molecule has 0 aromatic heterocycles. The summed E-state index contributed by atoms with van der Waals surface area (Å²) in [5, 5.41) is 0. The molecule has 0 unspecified atom stereocenters. The van der Waals surface area contributed by atoms with Crippen molar-refractivity contribution in [1.82, 2.24) is 0 Å². The number of carbonyl (C=O) groups excluding carboxylic acids is 1. The molecule has 0 aromatic carbocycles. The van der Waals surface area contributed by atoms with Crippen LogP contribution in [0.15, 0.2) is 24.1 Å². The van der Waals surface area contributed by atoms with Gasteiger partial charge in [0.2, 0.25) is 0 Å². The third kappa shape index (κ3) is 3.95. The van der Waals surface area contributed by atoms with Gasteiger partial charge in [0, 0.05) is 5.57 Å². The summed E-state index contributed by atoms with van der Waals surface area (Å²) < 4.78 is 23.0. The molecule has 0 N–H and O–H groups in total. The van der Waals surface area contributed by atoms with E-state index in [1.165, 1.54) is 19.1 Å². The topological polar surface area (TPSA) is 17.1 Å². The molecule has 0 aliphatic heterocycles. The lowest BCUT2D eigenvalue weighted by molar-refractivity contribution is -0.125. The van der Waals surface area contributed by atoms with E-state index in [0.717, 1.165) is 0 Å². The number of allylic oxidation sites excluding steroid dienone is 3. The highest BCUT2D eigenvalue weighted by Gasteiger charge is 1.97. The average molecular weight is 146 g/mol. The highest BCUT2D eigenvalue weighted by atomic mass is 19.1. The molecule has 0 saturated carbocycles. The van der Waals surface area contributed by atoms with Crippen molar-refractivity contribution in [2.45, 2.75) is 13.3 Å². The van der Waals surface area contributed by atoms with Crippen LogP contribution in [-0.2, 0) is 4.79 Å². The Labute approximate surface area is 58.0 Å². The van der Waals surface area contributed by atoms with E-state index in [0.29, 0.717) is 6.33 Å². The predicted octanol–water partition coefficient (Wildman–Crippen LogP) is 2.30. The zero-order valence-corrected chi connectivity index (χ0v) is 5.60. The Kier molecular flexibility index (Phi) is 4.37. The third-order valence-corrected chi connectivity index (χ3v) is 0.959. The molecule has 0 fully saturated rings. The standard InChI is InChI=1S/C7H8F2O/c1-6(7(9)10)4-2-3-5-8/h3-5H,2H2,1H3. The second kappa shape index (κ2) is 4.85. The van der Waals surface area contributed by atoms with E-state index in [1.807, 2.05) is 0 Å². The molecule has 0 rings (SSSR count). The highest BCUT2D eigenvalue weighted by molar-refractivity contribution is 5.86. The fourth-order valence-electron chi connectivity index (χ4n) is 0.376. The largest absolute Gasteiger partial charge is 0.327 e. The summed E-state index contributed by atoms with van der Waals surface area (Å²) in [6.45, 7) is 1.34. The summed E-state index contributed by atoms with van der Waals surface area (Å²) in [6, 6.07) is -1.47. The van der Waals surface area contributed by atoms with Gasteiger partial charge in [-0.3, -0.25) is 4.79 Å². The minimum Gasteiger partial charge on any atom is -0.256 e. The van der Waals surface area contributed by atoms with Crippen LogP contribution < -0.4 is 0 Å². The van der Waals surface area contributed by atoms with Crippen LogP contribution in [0, 0.1) is 0 Å². The van der Waals surface area contributed by atoms with Gasteiger partial charge in [-0.1, -0.05) is 12.2 Å². The Balaban J connectivity index is 3.80. The normalized spacial score (nSPS) is 12.5. The molecule has 0 radical (unpaired) electrons. The smallest absolute Gasteiger partial charge is 0.256 e. The molecular formula is C7H8F2O. The van der Waals surface area contributed by atoms with Gasteiger partial charge in [-0.15, -0.1) is 0 Å². The first-order valence-electron chi connectivity index (χ1n) is 2.80. The fraction of sp³-hybridized carbons (Fsp3) is 0.286. The van der Waals surface area contributed by atoms with E-state index in [2.05, 4.69) is 0 Å². The van der Waals surface area contributed by atoms with E-state index < -0.39 is 6.04 Å². The van der Waals surface area contributed by atoms with Gasteiger partial charge in [0.15, 0.2) is 0 Å². The lowest BCUT2D eigenvalue weighted by atomic mass is 10.2. The highest BCUT2D eigenvalue weighted by Crippen LogP contribution is 1.98. The number of carbonyl (C=O) groups is 1. The molecule has 0 amide bonds. The molecule has 0 aliphatic carbocycles. The summed E-state index contributed by atoms with van der Waals surface area (Å²) >= 11 is 0. The van der Waals surface area contributed by atoms with Crippen molar-refractivity contribution in [1.29, 1.82) is 0 Å². The van der Waals surface area contributed by atoms with Crippen LogP contribution in [0.1, 0.15) is 13.3 Å². The van der Waals surface area contributed by atoms with Crippen LogP contribution in [0.2, 0.25) is 0 Å². The molecule has 10 heavy (non-hydrogen) atoms. The predicted molar refractivity (Wildman–Crippen MR) is 34.7 cm³/mol. The van der Waals surface area contributed by atoms with Crippen LogP contribution in [0.5, 0.6) is 0 Å². The molecule has 0 bridgehead atoms. The summed E-state index contributed by atoms with van der Waals surface area (Å²) in [4.78, 5) is 9.89. The molecule has 1 nitrogen and oxygen atoms in total.